The Labute approximate surface area is 142 Å². The van der Waals surface area contributed by atoms with Gasteiger partial charge in [0.1, 0.15) is 0 Å². The first-order valence-electron chi connectivity index (χ1n) is 8.16. The van der Waals surface area contributed by atoms with Crippen LogP contribution >= 0.6 is 0 Å². The lowest BCUT2D eigenvalue weighted by Crippen LogP contribution is -2.25. The molecular formula is C18H24N4O2. The molecule has 24 heavy (non-hydrogen) atoms. The van der Waals surface area contributed by atoms with Crippen molar-refractivity contribution < 1.29 is 9.53 Å². The number of nitrogens with one attached hydrogen (secondary N) is 1. The molecule has 2 rings (SSSR count). The van der Waals surface area contributed by atoms with E-state index in [0.29, 0.717) is 25.4 Å². The molecule has 0 spiro atoms. The van der Waals surface area contributed by atoms with Gasteiger partial charge < -0.3 is 10.1 Å². The number of hydrogen-bond donors (Lipinski definition) is 1. The summed E-state index contributed by atoms with van der Waals surface area (Å²) in [5, 5.41) is 10.7. The van der Waals surface area contributed by atoms with Crippen molar-refractivity contribution in [3.8, 4) is 0 Å². The molecule has 1 amide bonds. The van der Waals surface area contributed by atoms with E-state index in [4.69, 9.17) is 4.74 Å². The number of nitrogens with zero attached hydrogens (tertiary/aromatic N) is 3. The highest BCUT2D eigenvalue weighted by Crippen LogP contribution is 2.01. The van der Waals surface area contributed by atoms with Gasteiger partial charge in [-0.25, -0.2) is 4.68 Å². The average Bonchev–Trinajstić information content (AvgIpc) is 3.04. The lowest BCUT2D eigenvalue weighted by atomic mass is 10.2. The van der Waals surface area contributed by atoms with E-state index in [0.717, 1.165) is 12.0 Å². The Bertz CT molecular complexity index is 650. The van der Waals surface area contributed by atoms with Crippen molar-refractivity contribution in [3.05, 3.63) is 53.9 Å². The second-order valence-electron chi connectivity index (χ2n) is 5.67. The Kier molecular flexibility index (Phi) is 7.17. The summed E-state index contributed by atoms with van der Waals surface area (Å²) in [4.78, 5) is 12.0. The molecule has 0 unspecified atom stereocenters. The van der Waals surface area contributed by atoms with Crippen LogP contribution in [0.5, 0.6) is 0 Å². The third-order valence-corrected chi connectivity index (χ3v) is 3.23. The number of ether oxygens (including phenoxy) is 1. The van der Waals surface area contributed by atoms with Gasteiger partial charge in [0.2, 0.25) is 0 Å². The number of benzene rings is 1. The SMILES string of the molecule is CC(C)OCCCNC(=O)c1cn(C/C=C/c2ccccc2)nn1. The van der Waals surface area contributed by atoms with Crippen LogP contribution in [0.25, 0.3) is 6.08 Å². The van der Waals surface area contributed by atoms with Gasteiger partial charge in [-0.3, -0.25) is 4.79 Å². The first kappa shape index (κ1) is 17.9. The molecule has 0 fully saturated rings. The number of amides is 1. The number of carbonyl (C=O) groups excluding carboxylic acids is 1. The third kappa shape index (κ3) is 6.34. The predicted molar refractivity (Wildman–Crippen MR) is 93.5 cm³/mol. The molecule has 1 aromatic carbocycles. The topological polar surface area (TPSA) is 69.0 Å². The first-order valence-corrected chi connectivity index (χ1v) is 8.16. The van der Waals surface area contributed by atoms with Gasteiger partial charge in [-0.2, -0.15) is 0 Å². The van der Waals surface area contributed by atoms with Gasteiger partial charge in [0.15, 0.2) is 5.69 Å². The summed E-state index contributed by atoms with van der Waals surface area (Å²) in [6.45, 7) is 5.74. The quantitative estimate of drug-likeness (QED) is 0.718. The fourth-order valence-corrected chi connectivity index (χ4v) is 2.04. The number of carbonyl (C=O) groups is 1. The third-order valence-electron chi connectivity index (χ3n) is 3.23. The van der Waals surface area contributed by atoms with Crippen molar-refractivity contribution in [1.29, 1.82) is 0 Å². The van der Waals surface area contributed by atoms with E-state index >= 15 is 0 Å². The normalized spacial score (nSPS) is 11.3. The van der Waals surface area contributed by atoms with Gasteiger partial charge in [-0.05, 0) is 25.8 Å². The van der Waals surface area contributed by atoms with E-state index in [1.807, 2.05) is 56.3 Å². The van der Waals surface area contributed by atoms with Crippen molar-refractivity contribution in [2.75, 3.05) is 13.2 Å². The summed E-state index contributed by atoms with van der Waals surface area (Å²) in [7, 11) is 0. The van der Waals surface area contributed by atoms with E-state index in [1.54, 1.807) is 10.9 Å². The van der Waals surface area contributed by atoms with Crippen LogP contribution in [0, 0.1) is 0 Å². The minimum Gasteiger partial charge on any atom is -0.379 e. The minimum atomic E-state index is -0.210. The zero-order valence-corrected chi connectivity index (χ0v) is 14.2. The van der Waals surface area contributed by atoms with Crippen LogP contribution in [0.2, 0.25) is 0 Å². The molecule has 0 aliphatic rings. The summed E-state index contributed by atoms with van der Waals surface area (Å²) < 4.78 is 7.06. The standard InChI is InChI=1S/C18H24N4O2/c1-15(2)24-13-7-11-19-18(23)17-14-22(21-20-17)12-6-10-16-8-4-3-5-9-16/h3-6,8-10,14-15H,7,11-13H2,1-2H3,(H,19,23)/b10-6+. The van der Waals surface area contributed by atoms with Crippen LogP contribution in [0.3, 0.4) is 0 Å². The minimum absolute atomic E-state index is 0.210. The number of aromatic nitrogens is 3. The molecule has 1 heterocycles. The van der Waals surface area contributed by atoms with E-state index in [1.165, 1.54) is 0 Å². The highest BCUT2D eigenvalue weighted by atomic mass is 16.5. The largest absolute Gasteiger partial charge is 0.379 e. The van der Waals surface area contributed by atoms with E-state index < -0.39 is 0 Å². The molecular weight excluding hydrogens is 304 g/mol. The monoisotopic (exact) mass is 328 g/mol. The summed E-state index contributed by atoms with van der Waals surface area (Å²) >= 11 is 0. The van der Waals surface area contributed by atoms with Gasteiger partial charge in [0.25, 0.3) is 5.91 Å². The second kappa shape index (κ2) is 9.62. The van der Waals surface area contributed by atoms with Crippen LogP contribution < -0.4 is 5.32 Å². The lowest BCUT2D eigenvalue weighted by molar-refractivity contribution is 0.0756. The number of rotatable bonds is 9. The number of allylic oxidation sites excluding steroid dienone is 1. The predicted octanol–water partition coefficient (Wildman–Crippen LogP) is 2.54. The van der Waals surface area contributed by atoms with Gasteiger partial charge in [-0.15, -0.1) is 5.10 Å². The van der Waals surface area contributed by atoms with Gasteiger partial charge >= 0.3 is 0 Å². The fraction of sp³-hybridized carbons (Fsp3) is 0.389. The van der Waals surface area contributed by atoms with Gasteiger partial charge in [0, 0.05) is 13.2 Å². The van der Waals surface area contributed by atoms with Crippen molar-refractivity contribution in [2.45, 2.75) is 32.9 Å². The average molecular weight is 328 g/mol. The molecule has 6 nitrogen and oxygen atoms in total. The zero-order valence-electron chi connectivity index (χ0n) is 14.2. The molecule has 128 valence electrons. The van der Waals surface area contributed by atoms with E-state index in [9.17, 15) is 4.79 Å². The summed E-state index contributed by atoms with van der Waals surface area (Å²) in [6, 6.07) is 10.0. The molecule has 0 aliphatic carbocycles. The second-order valence-corrected chi connectivity index (χ2v) is 5.67. The number of hydrogen-bond acceptors (Lipinski definition) is 4. The Morgan fingerprint density at radius 2 is 2.12 bits per heavy atom. The molecule has 6 heteroatoms. The van der Waals surface area contributed by atoms with Crippen LogP contribution in [0.4, 0.5) is 0 Å². The van der Waals surface area contributed by atoms with E-state index in [-0.39, 0.29) is 12.0 Å². The molecule has 1 aromatic heterocycles. The van der Waals surface area contributed by atoms with Crippen LogP contribution in [0.15, 0.2) is 42.6 Å². The van der Waals surface area contributed by atoms with Crippen LogP contribution in [-0.2, 0) is 11.3 Å². The van der Waals surface area contributed by atoms with Gasteiger partial charge in [0.05, 0.1) is 18.8 Å². The maximum Gasteiger partial charge on any atom is 0.273 e. The summed E-state index contributed by atoms with van der Waals surface area (Å²) in [5.41, 5.74) is 1.45. The zero-order chi connectivity index (χ0) is 17.2. The molecule has 0 radical (unpaired) electrons. The highest BCUT2D eigenvalue weighted by molar-refractivity contribution is 5.91. The van der Waals surface area contributed by atoms with Crippen LogP contribution in [-0.4, -0.2) is 40.2 Å². The van der Waals surface area contributed by atoms with Gasteiger partial charge in [-0.1, -0.05) is 47.7 Å². The Balaban J connectivity index is 1.73. The van der Waals surface area contributed by atoms with Crippen molar-refractivity contribution in [2.24, 2.45) is 0 Å². The Hall–Kier alpha value is -2.47. The fourth-order valence-electron chi connectivity index (χ4n) is 2.04. The maximum absolute atomic E-state index is 12.0. The molecule has 0 aliphatic heterocycles. The molecule has 0 saturated carbocycles. The summed E-state index contributed by atoms with van der Waals surface area (Å²) in [6.07, 6.45) is 6.63. The summed E-state index contributed by atoms with van der Waals surface area (Å²) in [5.74, 6) is -0.210. The lowest BCUT2D eigenvalue weighted by Gasteiger charge is -2.07. The molecule has 0 atom stereocenters. The smallest absolute Gasteiger partial charge is 0.273 e. The van der Waals surface area contributed by atoms with Crippen molar-refractivity contribution in [3.63, 3.8) is 0 Å². The Morgan fingerprint density at radius 1 is 1.33 bits per heavy atom. The molecule has 2 aromatic rings. The molecule has 0 bridgehead atoms. The molecule has 1 N–H and O–H groups in total. The highest BCUT2D eigenvalue weighted by Gasteiger charge is 2.09. The first-order chi connectivity index (χ1) is 11.6. The van der Waals surface area contributed by atoms with Crippen molar-refractivity contribution in [1.82, 2.24) is 20.3 Å². The Morgan fingerprint density at radius 3 is 2.88 bits per heavy atom. The van der Waals surface area contributed by atoms with Crippen molar-refractivity contribution >= 4 is 12.0 Å². The molecule has 0 saturated heterocycles. The van der Waals surface area contributed by atoms with Crippen LogP contribution in [0.1, 0.15) is 36.3 Å². The van der Waals surface area contributed by atoms with E-state index in [2.05, 4.69) is 15.6 Å². The maximum atomic E-state index is 12.0.